The maximum atomic E-state index is 12.1. The van der Waals surface area contributed by atoms with Gasteiger partial charge in [-0.1, -0.05) is 0 Å². The molecule has 0 bridgehead atoms. The summed E-state index contributed by atoms with van der Waals surface area (Å²) in [5, 5.41) is 4.03. The summed E-state index contributed by atoms with van der Waals surface area (Å²) in [4.78, 5) is 17.6. The van der Waals surface area contributed by atoms with Crippen LogP contribution in [-0.4, -0.2) is 44.6 Å². The quantitative estimate of drug-likeness (QED) is 0.843. The number of amides is 1. The molecular formula is C14H16N4O3. The van der Waals surface area contributed by atoms with Crippen LogP contribution in [0.1, 0.15) is 13.8 Å². The van der Waals surface area contributed by atoms with E-state index in [-0.39, 0.29) is 0 Å². The average Bonchev–Trinajstić information content (AvgIpc) is 3.08. The molecule has 3 rings (SSSR count). The van der Waals surface area contributed by atoms with Crippen molar-refractivity contribution in [2.24, 2.45) is 0 Å². The van der Waals surface area contributed by atoms with Gasteiger partial charge in [0.05, 0.1) is 18.8 Å². The van der Waals surface area contributed by atoms with Crippen LogP contribution in [0.2, 0.25) is 0 Å². The lowest BCUT2D eigenvalue weighted by Crippen LogP contribution is -2.45. The summed E-state index contributed by atoms with van der Waals surface area (Å²) in [5.41, 5.74) is 0.217. The molecule has 1 amide bonds. The highest BCUT2D eigenvalue weighted by molar-refractivity contribution is 5.71. The summed E-state index contributed by atoms with van der Waals surface area (Å²) in [6, 6.07) is 7.06. The van der Waals surface area contributed by atoms with Gasteiger partial charge in [-0.25, -0.2) is 14.5 Å². The molecule has 1 fully saturated rings. The number of ether oxygens (including phenoxy) is 2. The highest BCUT2D eigenvalue weighted by Gasteiger charge is 2.37. The third kappa shape index (κ3) is 2.73. The van der Waals surface area contributed by atoms with E-state index >= 15 is 0 Å². The minimum Gasteiger partial charge on any atom is -0.410 e. The van der Waals surface area contributed by atoms with Gasteiger partial charge in [0.1, 0.15) is 24.1 Å². The van der Waals surface area contributed by atoms with Gasteiger partial charge >= 0.3 is 6.09 Å². The van der Waals surface area contributed by atoms with Crippen LogP contribution >= 0.6 is 0 Å². The van der Waals surface area contributed by atoms with Crippen LogP contribution in [0, 0.1) is 0 Å². The van der Waals surface area contributed by atoms with E-state index < -0.39 is 11.8 Å². The second kappa shape index (κ2) is 5.17. The van der Waals surface area contributed by atoms with Crippen molar-refractivity contribution in [3.63, 3.8) is 0 Å². The molecule has 1 aliphatic heterocycles. The number of aromatic nitrogens is 3. The highest BCUT2D eigenvalue weighted by atomic mass is 16.6. The largest absolute Gasteiger partial charge is 0.417 e. The Morgan fingerprint density at radius 2 is 2.10 bits per heavy atom. The Morgan fingerprint density at radius 1 is 1.33 bits per heavy atom. The topological polar surface area (TPSA) is 69.5 Å². The van der Waals surface area contributed by atoms with Crippen molar-refractivity contribution in [3.8, 4) is 11.4 Å². The number of nitrogens with zero attached hydrogens (tertiary/aromatic N) is 4. The third-order valence-electron chi connectivity index (χ3n) is 3.37. The van der Waals surface area contributed by atoms with Crippen LogP contribution in [0.15, 0.2) is 36.9 Å². The molecule has 21 heavy (non-hydrogen) atoms. The Morgan fingerprint density at radius 3 is 2.67 bits per heavy atom. The van der Waals surface area contributed by atoms with Crippen molar-refractivity contribution < 1.29 is 14.3 Å². The molecule has 1 aromatic heterocycles. The van der Waals surface area contributed by atoms with E-state index in [1.54, 1.807) is 28.0 Å². The van der Waals surface area contributed by atoms with Crippen molar-refractivity contribution in [3.05, 3.63) is 36.9 Å². The number of carbonyl (C=O) groups excluding carboxylic acids is 1. The van der Waals surface area contributed by atoms with Crippen molar-refractivity contribution in [2.45, 2.75) is 19.6 Å². The molecule has 2 aromatic rings. The number of hydrogen-bond acceptors (Lipinski definition) is 5. The van der Waals surface area contributed by atoms with Gasteiger partial charge in [0.25, 0.3) is 0 Å². The highest BCUT2D eigenvalue weighted by Crippen LogP contribution is 2.24. The zero-order chi connectivity index (χ0) is 14.9. The fourth-order valence-electron chi connectivity index (χ4n) is 2.21. The van der Waals surface area contributed by atoms with Crippen LogP contribution in [0.4, 0.5) is 4.79 Å². The van der Waals surface area contributed by atoms with Gasteiger partial charge in [-0.15, -0.1) is 0 Å². The van der Waals surface area contributed by atoms with Gasteiger partial charge in [0, 0.05) is 0 Å². The molecule has 0 unspecified atom stereocenters. The lowest BCUT2D eigenvalue weighted by molar-refractivity contribution is -0.0379. The average molecular weight is 288 g/mol. The molecule has 0 atom stereocenters. The summed E-state index contributed by atoms with van der Waals surface area (Å²) in [6.07, 6.45) is 2.65. The summed E-state index contributed by atoms with van der Waals surface area (Å²) in [6.45, 7) is 4.74. The Hall–Kier alpha value is -2.41. The Kier molecular flexibility index (Phi) is 3.34. The molecule has 0 aliphatic carbocycles. The van der Waals surface area contributed by atoms with Gasteiger partial charge in [-0.05, 0) is 38.1 Å². The smallest absolute Gasteiger partial charge is 0.410 e. The first kappa shape index (κ1) is 13.6. The second-order valence-electron chi connectivity index (χ2n) is 5.15. The standard InChI is InChI=1S/C14H16N4O3/c1-14(2)17(7-8-20-14)13(19)21-12-5-3-11(4-6-12)18-10-15-9-16-18/h3-6,9-10H,7-8H2,1-2H3. The number of rotatable bonds is 2. The van der Waals surface area contributed by atoms with Gasteiger partial charge in [0.2, 0.25) is 0 Å². The van der Waals surface area contributed by atoms with Crippen molar-refractivity contribution in [2.75, 3.05) is 13.2 Å². The van der Waals surface area contributed by atoms with Crippen LogP contribution in [0.25, 0.3) is 5.69 Å². The summed E-state index contributed by atoms with van der Waals surface area (Å²) >= 11 is 0. The Bertz CT molecular complexity index is 622. The fraction of sp³-hybridized carbons (Fsp3) is 0.357. The van der Waals surface area contributed by atoms with E-state index in [4.69, 9.17) is 9.47 Å². The minimum atomic E-state index is -0.627. The van der Waals surface area contributed by atoms with E-state index in [2.05, 4.69) is 10.1 Å². The van der Waals surface area contributed by atoms with Crippen LogP contribution in [-0.2, 0) is 4.74 Å². The zero-order valence-corrected chi connectivity index (χ0v) is 11.9. The molecule has 1 aliphatic rings. The lowest BCUT2D eigenvalue weighted by atomic mass is 10.3. The van der Waals surface area contributed by atoms with E-state index in [0.717, 1.165) is 5.69 Å². The normalized spacial score (nSPS) is 17.0. The number of benzene rings is 1. The summed E-state index contributed by atoms with van der Waals surface area (Å²) in [5.74, 6) is 0.478. The summed E-state index contributed by atoms with van der Waals surface area (Å²) in [7, 11) is 0. The third-order valence-corrected chi connectivity index (χ3v) is 3.37. The first-order valence-corrected chi connectivity index (χ1v) is 6.65. The van der Waals surface area contributed by atoms with Crippen molar-refractivity contribution >= 4 is 6.09 Å². The molecule has 2 heterocycles. The second-order valence-corrected chi connectivity index (χ2v) is 5.15. The SMILES string of the molecule is CC1(C)OCCN1C(=O)Oc1ccc(-n2cncn2)cc1. The van der Waals surface area contributed by atoms with E-state index in [1.807, 2.05) is 26.0 Å². The van der Waals surface area contributed by atoms with Crippen LogP contribution < -0.4 is 4.74 Å². The molecule has 0 radical (unpaired) electrons. The molecule has 0 N–H and O–H groups in total. The van der Waals surface area contributed by atoms with E-state index in [0.29, 0.717) is 18.9 Å². The molecule has 7 heteroatoms. The van der Waals surface area contributed by atoms with E-state index in [9.17, 15) is 4.79 Å². The lowest BCUT2D eigenvalue weighted by Gasteiger charge is -2.28. The predicted octanol–water partition coefficient (Wildman–Crippen LogP) is 1.83. The molecule has 0 spiro atoms. The molecule has 0 saturated carbocycles. The Balaban J connectivity index is 1.69. The minimum absolute atomic E-state index is 0.411. The van der Waals surface area contributed by atoms with Crippen molar-refractivity contribution in [1.29, 1.82) is 0 Å². The summed E-state index contributed by atoms with van der Waals surface area (Å²) < 4.78 is 12.5. The molecule has 1 aromatic carbocycles. The molecule has 7 nitrogen and oxygen atoms in total. The van der Waals surface area contributed by atoms with Crippen molar-refractivity contribution in [1.82, 2.24) is 19.7 Å². The predicted molar refractivity (Wildman–Crippen MR) is 74.1 cm³/mol. The first-order chi connectivity index (χ1) is 10.1. The van der Waals surface area contributed by atoms with Crippen LogP contribution in [0.5, 0.6) is 5.75 Å². The van der Waals surface area contributed by atoms with Gasteiger partial charge in [-0.2, -0.15) is 5.10 Å². The molecule has 110 valence electrons. The maximum absolute atomic E-state index is 12.1. The molecule has 1 saturated heterocycles. The van der Waals surface area contributed by atoms with Crippen LogP contribution in [0.3, 0.4) is 0 Å². The Labute approximate surface area is 122 Å². The van der Waals surface area contributed by atoms with Gasteiger partial charge in [-0.3, -0.25) is 4.90 Å². The number of carbonyl (C=O) groups is 1. The van der Waals surface area contributed by atoms with E-state index in [1.165, 1.54) is 6.33 Å². The number of hydrogen-bond donors (Lipinski definition) is 0. The zero-order valence-electron chi connectivity index (χ0n) is 11.9. The van der Waals surface area contributed by atoms with Gasteiger partial charge < -0.3 is 9.47 Å². The monoisotopic (exact) mass is 288 g/mol. The first-order valence-electron chi connectivity index (χ1n) is 6.65. The van der Waals surface area contributed by atoms with Gasteiger partial charge in [0.15, 0.2) is 0 Å². The molecular weight excluding hydrogens is 272 g/mol. The fourth-order valence-corrected chi connectivity index (χ4v) is 2.21. The maximum Gasteiger partial charge on any atom is 0.417 e.